The maximum atomic E-state index is 5.02. The molecule has 0 spiro atoms. The zero-order valence-electron chi connectivity index (χ0n) is 14.7. The zero-order valence-corrected chi connectivity index (χ0v) is 14.7. The highest BCUT2D eigenvalue weighted by atomic mass is 15.3. The van der Waals surface area contributed by atoms with Crippen LogP contribution in [0.3, 0.4) is 0 Å². The van der Waals surface area contributed by atoms with E-state index in [0.717, 1.165) is 6.54 Å². The quantitative estimate of drug-likeness (QED) is 0.911. The molecule has 23 heavy (non-hydrogen) atoms. The fraction of sp³-hybridized carbons (Fsp3) is 0.737. The van der Waals surface area contributed by atoms with Crippen LogP contribution in [0.1, 0.15) is 75.6 Å². The fourth-order valence-corrected chi connectivity index (χ4v) is 4.79. The molecule has 2 aliphatic heterocycles. The summed E-state index contributed by atoms with van der Waals surface area (Å²) in [4.78, 5) is 2.68. The van der Waals surface area contributed by atoms with Gasteiger partial charge < -0.3 is 5.32 Å². The van der Waals surface area contributed by atoms with Gasteiger partial charge in [0.05, 0.1) is 11.7 Å². The highest BCUT2D eigenvalue weighted by Gasteiger charge is 2.34. The predicted octanol–water partition coefficient (Wildman–Crippen LogP) is 4.11. The molecule has 4 nitrogen and oxygen atoms in total. The van der Waals surface area contributed by atoms with Crippen molar-refractivity contribution in [2.45, 2.75) is 64.3 Å². The molecule has 1 fully saturated rings. The molecule has 0 aromatic carbocycles. The third-order valence-corrected chi connectivity index (χ3v) is 5.87. The summed E-state index contributed by atoms with van der Waals surface area (Å²) in [6.45, 7) is 5.77. The first-order valence-electron chi connectivity index (χ1n) is 9.55. The summed E-state index contributed by atoms with van der Waals surface area (Å²) in [5.41, 5.74) is 6.12. The third kappa shape index (κ3) is 2.61. The Kier molecular flexibility index (Phi) is 4.18. The molecule has 4 heteroatoms. The molecule has 0 saturated carbocycles. The average molecular weight is 314 g/mol. The van der Waals surface area contributed by atoms with Crippen LogP contribution in [0.25, 0.3) is 5.57 Å². The van der Waals surface area contributed by atoms with E-state index < -0.39 is 0 Å². The molecule has 1 aromatic heterocycles. The summed E-state index contributed by atoms with van der Waals surface area (Å²) in [5, 5.41) is 8.68. The van der Waals surface area contributed by atoms with Crippen LogP contribution in [0.15, 0.2) is 5.57 Å². The molecule has 3 heterocycles. The van der Waals surface area contributed by atoms with Crippen molar-refractivity contribution in [1.29, 1.82) is 0 Å². The summed E-state index contributed by atoms with van der Waals surface area (Å²) in [6, 6.07) is 0.522. The first-order valence-corrected chi connectivity index (χ1v) is 9.55. The number of anilines is 1. The van der Waals surface area contributed by atoms with E-state index in [9.17, 15) is 0 Å². The van der Waals surface area contributed by atoms with Crippen LogP contribution in [-0.2, 0) is 7.05 Å². The summed E-state index contributed by atoms with van der Waals surface area (Å²) in [5.74, 6) is 1.27. The Labute approximate surface area is 139 Å². The second-order valence-corrected chi connectivity index (χ2v) is 7.42. The Morgan fingerprint density at radius 2 is 2.04 bits per heavy atom. The van der Waals surface area contributed by atoms with E-state index in [1.165, 1.54) is 81.5 Å². The first kappa shape index (κ1) is 15.3. The van der Waals surface area contributed by atoms with Crippen LogP contribution in [-0.4, -0.2) is 34.3 Å². The van der Waals surface area contributed by atoms with Gasteiger partial charge in [-0.25, -0.2) is 0 Å². The minimum atomic E-state index is 0.522. The van der Waals surface area contributed by atoms with Crippen LogP contribution < -0.4 is 5.32 Å². The number of nitrogens with zero attached hydrogens (tertiary/aromatic N) is 3. The van der Waals surface area contributed by atoms with E-state index in [4.69, 9.17) is 5.10 Å². The highest BCUT2D eigenvalue weighted by molar-refractivity contribution is 5.82. The lowest BCUT2D eigenvalue weighted by molar-refractivity contribution is 0.145. The molecule has 1 saturated heterocycles. The lowest BCUT2D eigenvalue weighted by Crippen LogP contribution is -2.34. The minimum absolute atomic E-state index is 0.522. The van der Waals surface area contributed by atoms with Gasteiger partial charge in [0.15, 0.2) is 0 Å². The summed E-state index contributed by atoms with van der Waals surface area (Å²) < 4.78 is 2.10. The molecule has 1 atom stereocenters. The van der Waals surface area contributed by atoms with Crippen LogP contribution >= 0.6 is 0 Å². The maximum Gasteiger partial charge on any atom is 0.132 e. The smallest absolute Gasteiger partial charge is 0.132 e. The van der Waals surface area contributed by atoms with Gasteiger partial charge in [0.25, 0.3) is 0 Å². The van der Waals surface area contributed by atoms with Gasteiger partial charge in [-0.3, -0.25) is 9.58 Å². The SMILES string of the molecule is CCCN1CCCC[C@H]1c1nn(C)c2c1C1=C(CCCC1)CN2. The third-order valence-electron chi connectivity index (χ3n) is 5.87. The van der Waals surface area contributed by atoms with Crippen molar-refractivity contribution in [3.05, 3.63) is 16.8 Å². The molecule has 1 aliphatic carbocycles. The van der Waals surface area contributed by atoms with E-state index >= 15 is 0 Å². The second-order valence-electron chi connectivity index (χ2n) is 7.42. The highest BCUT2D eigenvalue weighted by Crippen LogP contribution is 2.44. The lowest BCUT2D eigenvalue weighted by Gasteiger charge is -2.36. The van der Waals surface area contributed by atoms with Crippen molar-refractivity contribution in [1.82, 2.24) is 14.7 Å². The van der Waals surface area contributed by atoms with Crippen molar-refractivity contribution in [3.8, 4) is 0 Å². The molecule has 0 unspecified atom stereocenters. The Hall–Kier alpha value is -1.29. The molecule has 1 N–H and O–H groups in total. The van der Waals surface area contributed by atoms with Gasteiger partial charge in [0.1, 0.15) is 5.82 Å². The number of piperidine rings is 1. The van der Waals surface area contributed by atoms with Crippen LogP contribution in [0.5, 0.6) is 0 Å². The van der Waals surface area contributed by atoms with Gasteiger partial charge in [0.2, 0.25) is 0 Å². The molecule has 0 amide bonds. The largest absolute Gasteiger partial charge is 0.366 e. The molecule has 0 bridgehead atoms. The molecule has 126 valence electrons. The van der Waals surface area contributed by atoms with Crippen LogP contribution in [0, 0.1) is 0 Å². The first-order chi connectivity index (χ1) is 11.3. The predicted molar refractivity (Wildman–Crippen MR) is 95.5 cm³/mol. The number of rotatable bonds is 3. The van der Waals surface area contributed by atoms with Gasteiger partial charge in [-0.05, 0) is 69.2 Å². The van der Waals surface area contributed by atoms with E-state index in [2.05, 4.69) is 28.9 Å². The minimum Gasteiger partial charge on any atom is -0.366 e. The number of nitrogens with one attached hydrogen (secondary N) is 1. The van der Waals surface area contributed by atoms with Crippen LogP contribution in [0.2, 0.25) is 0 Å². The summed E-state index contributed by atoms with van der Waals surface area (Å²) >= 11 is 0. The normalized spacial score (nSPS) is 25.0. The van der Waals surface area contributed by atoms with Gasteiger partial charge in [-0.1, -0.05) is 13.3 Å². The Balaban J connectivity index is 1.77. The number of fused-ring (bicyclic) bond motifs is 2. The van der Waals surface area contributed by atoms with Gasteiger partial charge in [-0.15, -0.1) is 0 Å². The summed E-state index contributed by atoms with van der Waals surface area (Å²) in [6.07, 6.45) is 10.4. The Bertz CT molecular complexity index is 611. The van der Waals surface area contributed by atoms with Gasteiger partial charge in [0, 0.05) is 19.2 Å². The number of hydrogen-bond acceptors (Lipinski definition) is 3. The molecule has 4 rings (SSSR count). The average Bonchev–Trinajstić information content (AvgIpc) is 2.93. The fourth-order valence-electron chi connectivity index (χ4n) is 4.79. The number of hydrogen-bond donors (Lipinski definition) is 1. The van der Waals surface area contributed by atoms with Crippen molar-refractivity contribution >= 4 is 11.4 Å². The van der Waals surface area contributed by atoms with Crippen molar-refractivity contribution in [2.24, 2.45) is 7.05 Å². The molecular weight excluding hydrogens is 284 g/mol. The Morgan fingerprint density at radius 1 is 1.17 bits per heavy atom. The number of likely N-dealkylation sites (tertiary alicyclic amines) is 1. The summed E-state index contributed by atoms with van der Waals surface area (Å²) in [7, 11) is 2.11. The molecular formula is C19H30N4. The standard InChI is InChI=1S/C19H30N4/c1-3-11-23-12-7-6-10-16(23)18-17-15-9-5-4-8-14(15)13-20-19(17)22(2)21-18/h16,20H,3-13H2,1-2H3/t16-/m0/s1. The Morgan fingerprint density at radius 3 is 2.91 bits per heavy atom. The molecule has 3 aliphatic rings. The topological polar surface area (TPSA) is 33.1 Å². The van der Waals surface area contributed by atoms with E-state index in [-0.39, 0.29) is 0 Å². The molecule has 0 radical (unpaired) electrons. The van der Waals surface area contributed by atoms with Crippen LogP contribution in [0.4, 0.5) is 5.82 Å². The van der Waals surface area contributed by atoms with Gasteiger partial charge in [-0.2, -0.15) is 5.10 Å². The number of aromatic nitrogens is 2. The van der Waals surface area contributed by atoms with Crippen molar-refractivity contribution in [2.75, 3.05) is 25.0 Å². The maximum absolute atomic E-state index is 5.02. The van der Waals surface area contributed by atoms with Crippen molar-refractivity contribution < 1.29 is 0 Å². The van der Waals surface area contributed by atoms with E-state index in [0.29, 0.717) is 6.04 Å². The molecule has 1 aromatic rings. The number of aryl methyl sites for hydroxylation is 1. The monoisotopic (exact) mass is 314 g/mol. The van der Waals surface area contributed by atoms with E-state index in [1.54, 1.807) is 11.1 Å². The van der Waals surface area contributed by atoms with E-state index in [1.807, 2.05) is 0 Å². The lowest BCUT2D eigenvalue weighted by atomic mass is 9.83. The number of allylic oxidation sites excluding steroid dienone is 1. The second kappa shape index (κ2) is 6.31. The van der Waals surface area contributed by atoms with Crippen molar-refractivity contribution in [3.63, 3.8) is 0 Å². The zero-order chi connectivity index (χ0) is 15.8. The van der Waals surface area contributed by atoms with Gasteiger partial charge >= 0.3 is 0 Å².